The molecule has 0 heterocycles. The van der Waals surface area contributed by atoms with E-state index in [0.717, 1.165) is 6.42 Å². The first-order chi connectivity index (χ1) is 9.91. The molecule has 1 aliphatic carbocycles. The minimum absolute atomic E-state index is 0.0212. The summed E-state index contributed by atoms with van der Waals surface area (Å²) in [6, 6.07) is 10.2. The average Bonchev–Trinajstić information content (AvgIpc) is 3.14. The van der Waals surface area contributed by atoms with Crippen LogP contribution < -0.4 is 0 Å². The van der Waals surface area contributed by atoms with Gasteiger partial charge in [0.2, 0.25) is 0 Å². The molecular formula is C16H25F3OSi2. The molecule has 0 aliphatic heterocycles. The lowest BCUT2D eigenvalue weighted by atomic mass is 10.1. The highest BCUT2D eigenvalue weighted by Crippen LogP contribution is 2.75. The van der Waals surface area contributed by atoms with Gasteiger partial charge in [-0.15, -0.1) is 0 Å². The molecule has 1 nitrogen and oxygen atoms in total. The number of benzene rings is 1. The fourth-order valence-corrected chi connectivity index (χ4v) is 16.1. The van der Waals surface area contributed by atoms with Crippen molar-refractivity contribution >= 4 is 16.4 Å². The lowest BCUT2D eigenvalue weighted by Gasteiger charge is -2.42. The van der Waals surface area contributed by atoms with Crippen molar-refractivity contribution in [1.29, 1.82) is 0 Å². The van der Waals surface area contributed by atoms with Crippen LogP contribution in [0.4, 0.5) is 13.2 Å². The number of hydrogen-bond donors (Lipinski definition) is 0. The van der Waals surface area contributed by atoms with Gasteiger partial charge in [0.05, 0.1) is 8.07 Å². The molecule has 2 rings (SSSR count). The van der Waals surface area contributed by atoms with Crippen molar-refractivity contribution in [3.8, 4) is 0 Å². The minimum Gasteiger partial charge on any atom is -0.408 e. The Kier molecular flexibility index (Phi) is 4.43. The number of rotatable bonds is 5. The topological polar surface area (TPSA) is 9.23 Å². The van der Waals surface area contributed by atoms with Crippen molar-refractivity contribution in [3.63, 3.8) is 0 Å². The van der Waals surface area contributed by atoms with Crippen LogP contribution >= 0.6 is 0 Å². The van der Waals surface area contributed by atoms with Gasteiger partial charge >= 0.3 is 6.18 Å². The smallest absolute Gasteiger partial charge is 0.408 e. The van der Waals surface area contributed by atoms with Gasteiger partial charge in [0, 0.05) is 0 Å². The molecule has 0 radical (unpaired) electrons. The molecule has 0 amide bonds. The van der Waals surface area contributed by atoms with Crippen molar-refractivity contribution in [2.24, 2.45) is 0 Å². The Hall–Kier alpha value is -0.596. The average molecular weight is 347 g/mol. The summed E-state index contributed by atoms with van der Waals surface area (Å²) in [5, 5.41) is 0. The van der Waals surface area contributed by atoms with Gasteiger partial charge < -0.3 is 4.43 Å². The fourth-order valence-electron chi connectivity index (χ4n) is 4.14. The third kappa shape index (κ3) is 3.19. The minimum atomic E-state index is -4.25. The van der Waals surface area contributed by atoms with E-state index in [-0.39, 0.29) is 4.66 Å². The van der Waals surface area contributed by atoms with E-state index in [0.29, 0.717) is 5.92 Å². The van der Waals surface area contributed by atoms with Gasteiger partial charge in [-0.1, -0.05) is 50.0 Å². The van der Waals surface area contributed by atoms with Crippen LogP contribution in [0, 0.1) is 0 Å². The summed E-state index contributed by atoms with van der Waals surface area (Å²) in [6.07, 6.45) is -3.27. The predicted octanol–water partition coefficient (Wildman–Crippen LogP) is 5.58. The van der Waals surface area contributed by atoms with Gasteiger partial charge in [0.25, 0.3) is 0 Å². The molecular weight excluding hydrogens is 321 g/mol. The number of alkyl halides is 3. The summed E-state index contributed by atoms with van der Waals surface area (Å²) < 4.78 is 43.4. The van der Waals surface area contributed by atoms with E-state index in [4.69, 9.17) is 4.43 Å². The molecule has 2 atom stereocenters. The lowest BCUT2D eigenvalue weighted by molar-refractivity contribution is -0.155. The maximum Gasteiger partial charge on any atom is 0.410 e. The molecule has 1 aromatic rings. The molecule has 1 aromatic carbocycles. The standard InChI is InChI=1S/C16H25F3OSi2/c1-21(2,3)15(22(4,5)20-12-16(17,18)19)11-14(15)13-9-7-6-8-10-13/h6-10,14H,11-12H2,1-5H3/t14-,15+/m1/s1. The highest BCUT2D eigenvalue weighted by Gasteiger charge is 2.71. The van der Waals surface area contributed by atoms with Gasteiger partial charge in [0.1, 0.15) is 6.61 Å². The zero-order valence-electron chi connectivity index (χ0n) is 13.9. The molecule has 0 N–H and O–H groups in total. The Morgan fingerprint density at radius 3 is 2.09 bits per heavy atom. The van der Waals surface area contributed by atoms with Crippen LogP contribution in [0.25, 0.3) is 0 Å². The van der Waals surface area contributed by atoms with E-state index in [2.05, 4.69) is 31.8 Å². The third-order valence-corrected chi connectivity index (χ3v) is 16.0. The van der Waals surface area contributed by atoms with Crippen molar-refractivity contribution in [2.75, 3.05) is 6.61 Å². The highest BCUT2D eigenvalue weighted by molar-refractivity contribution is 6.98. The number of hydrogen-bond acceptors (Lipinski definition) is 1. The fraction of sp³-hybridized carbons (Fsp3) is 0.625. The van der Waals surface area contributed by atoms with Gasteiger partial charge in [0.15, 0.2) is 8.32 Å². The van der Waals surface area contributed by atoms with Crippen LogP contribution in [0.3, 0.4) is 0 Å². The Bertz CT molecular complexity index is 522. The normalized spacial score (nSPS) is 26.1. The predicted molar refractivity (Wildman–Crippen MR) is 89.3 cm³/mol. The molecule has 0 spiro atoms. The molecule has 0 bridgehead atoms. The van der Waals surface area contributed by atoms with Gasteiger partial charge in [-0.3, -0.25) is 0 Å². The van der Waals surface area contributed by atoms with Crippen LogP contribution in [0.2, 0.25) is 37.4 Å². The molecule has 0 saturated heterocycles. The Labute approximate surface area is 133 Å². The molecule has 1 saturated carbocycles. The largest absolute Gasteiger partial charge is 0.410 e. The van der Waals surface area contributed by atoms with Crippen molar-refractivity contribution in [3.05, 3.63) is 35.9 Å². The van der Waals surface area contributed by atoms with E-state index < -0.39 is 29.2 Å². The molecule has 22 heavy (non-hydrogen) atoms. The molecule has 0 aromatic heterocycles. The van der Waals surface area contributed by atoms with Crippen LogP contribution in [-0.4, -0.2) is 29.2 Å². The second-order valence-electron chi connectivity index (χ2n) is 7.80. The van der Waals surface area contributed by atoms with Crippen molar-refractivity contribution in [2.45, 2.75) is 55.9 Å². The zero-order valence-corrected chi connectivity index (χ0v) is 15.9. The number of halogens is 3. The Morgan fingerprint density at radius 2 is 1.64 bits per heavy atom. The van der Waals surface area contributed by atoms with E-state index >= 15 is 0 Å². The van der Waals surface area contributed by atoms with E-state index in [1.807, 2.05) is 31.3 Å². The summed E-state index contributed by atoms with van der Waals surface area (Å²) >= 11 is 0. The molecule has 1 fully saturated rings. The first-order valence-corrected chi connectivity index (χ1v) is 14.1. The summed E-state index contributed by atoms with van der Waals surface area (Å²) in [5.41, 5.74) is 1.25. The van der Waals surface area contributed by atoms with Crippen molar-refractivity contribution < 1.29 is 17.6 Å². The summed E-state index contributed by atoms with van der Waals surface area (Å²) in [4.78, 5) is 0. The molecule has 1 aliphatic rings. The van der Waals surface area contributed by atoms with Crippen molar-refractivity contribution in [1.82, 2.24) is 0 Å². The van der Waals surface area contributed by atoms with Crippen LogP contribution in [0.5, 0.6) is 0 Å². The second kappa shape index (κ2) is 5.49. The summed E-state index contributed by atoms with van der Waals surface area (Å²) in [5.74, 6) is 0.357. The van der Waals surface area contributed by atoms with Gasteiger partial charge in [-0.05, 0) is 35.7 Å². The Morgan fingerprint density at radius 1 is 1.09 bits per heavy atom. The van der Waals surface area contributed by atoms with E-state index in [9.17, 15) is 13.2 Å². The van der Waals surface area contributed by atoms with Crippen LogP contribution in [0.1, 0.15) is 17.9 Å². The summed E-state index contributed by atoms with van der Waals surface area (Å²) in [7, 11) is -4.15. The monoisotopic (exact) mass is 346 g/mol. The maximum absolute atomic E-state index is 12.6. The van der Waals surface area contributed by atoms with Crippen LogP contribution in [-0.2, 0) is 4.43 Å². The highest BCUT2D eigenvalue weighted by atomic mass is 28.4. The van der Waals surface area contributed by atoms with E-state index in [1.54, 1.807) is 0 Å². The Balaban J connectivity index is 2.29. The first kappa shape index (κ1) is 17.8. The molecule has 0 unspecified atom stereocenters. The molecule has 6 heteroatoms. The van der Waals surface area contributed by atoms with Crippen LogP contribution in [0.15, 0.2) is 30.3 Å². The van der Waals surface area contributed by atoms with Gasteiger partial charge in [-0.2, -0.15) is 13.2 Å². The van der Waals surface area contributed by atoms with E-state index in [1.165, 1.54) is 5.56 Å². The molecule has 124 valence electrons. The summed E-state index contributed by atoms with van der Waals surface area (Å²) in [6.45, 7) is 9.63. The SMILES string of the molecule is C[Si](C)(C)[C@]1([Si](C)(C)OCC(F)(F)F)C[C@@H]1c1ccccc1. The lowest BCUT2D eigenvalue weighted by Crippen LogP contribution is -2.52. The van der Waals surface area contributed by atoms with Gasteiger partial charge in [-0.25, -0.2) is 0 Å². The quantitative estimate of drug-likeness (QED) is 0.633. The zero-order chi connectivity index (χ0) is 16.8. The first-order valence-electron chi connectivity index (χ1n) is 7.66. The second-order valence-corrected chi connectivity index (χ2v) is 17.9. The maximum atomic E-state index is 12.6. The third-order valence-electron chi connectivity index (χ3n) is 5.17.